The topological polar surface area (TPSA) is 90.3 Å². The lowest BCUT2D eigenvalue weighted by molar-refractivity contribution is -0.139. The fourth-order valence-corrected chi connectivity index (χ4v) is 3.69. The molecule has 3 rings (SSSR count). The number of rotatable bonds is 9. The number of amides is 1. The number of likely N-dealkylation sites (tertiary alicyclic amines) is 1. The number of aliphatic hydroxyl groups is 1. The Balaban J connectivity index is 2.02. The van der Waals surface area contributed by atoms with Crippen LogP contribution >= 0.6 is 0 Å². The van der Waals surface area contributed by atoms with Crippen LogP contribution in [0.5, 0.6) is 11.5 Å². The van der Waals surface area contributed by atoms with Crippen molar-refractivity contribution in [3.8, 4) is 11.5 Å². The molecule has 32 heavy (non-hydrogen) atoms. The van der Waals surface area contributed by atoms with Crippen molar-refractivity contribution >= 4 is 17.4 Å². The molecule has 1 atom stereocenters. The van der Waals surface area contributed by atoms with Crippen LogP contribution in [0.1, 0.15) is 23.6 Å². The predicted octanol–water partition coefficient (Wildman–Crippen LogP) is 3.33. The second-order valence-electron chi connectivity index (χ2n) is 7.86. The number of phenols is 1. The zero-order valence-electron chi connectivity index (χ0n) is 18.3. The summed E-state index contributed by atoms with van der Waals surface area (Å²) in [6, 6.07) is 12.2. The molecule has 2 aromatic carbocycles. The molecular formula is C25H28N2O5. The average Bonchev–Trinajstić information content (AvgIpc) is 3.03. The van der Waals surface area contributed by atoms with Gasteiger partial charge in [-0.2, -0.15) is 0 Å². The maximum atomic E-state index is 13.0. The van der Waals surface area contributed by atoms with E-state index in [0.29, 0.717) is 36.4 Å². The van der Waals surface area contributed by atoms with Crippen LogP contribution in [0.15, 0.2) is 66.8 Å². The summed E-state index contributed by atoms with van der Waals surface area (Å²) in [5.41, 5.74) is 1.08. The van der Waals surface area contributed by atoms with E-state index in [0.717, 1.165) is 6.54 Å². The van der Waals surface area contributed by atoms with Gasteiger partial charge < -0.3 is 24.7 Å². The number of hydrogen-bond donors (Lipinski definition) is 2. The van der Waals surface area contributed by atoms with Crippen LogP contribution in [-0.4, -0.2) is 65.5 Å². The minimum absolute atomic E-state index is 0.0327. The Kier molecular flexibility index (Phi) is 7.33. The Hall–Kier alpha value is -3.58. The number of hydrogen-bond acceptors (Lipinski definition) is 6. The molecule has 0 radical (unpaired) electrons. The van der Waals surface area contributed by atoms with Gasteiger partial charge in [-0.05, 0) is 69.0 Å². The number of carbonyl (C=O) groups excluding carboxylic acids is 2. The van der Waals surface area contributed by atoms with E-state index in [2.05, 4.69) is 6.58 Å². The molecular weight excluding hydrogens is 408 g/mol. The quantitative estimate of drug-likeness (QED) is 0.271. The molecule has 0 spiro atoms. The first-order valence-electron chi connectivity index (χ1n) is 10.4. The highest BCUT2D eigenvalue weighted by molar-refractivity contribution is 6.46. The highest BCUT2D eigenvalue weighted by atomic mass is 16.5. The Morgan fingerprint density at radius 1 is 1.12 bits per heavy atom. The summed E-state index contributed by atoms with van der Waals surface area (Å²) in [7, 11) is 3.88. The Bertz CT molecular complexity index is 1010. The lowest BCUT2D eigenvalue weighted by atomic mass is 9.95. The number of phenolic OH excluding ortho intramolecular Hbond substituents is 1. The van der Waals surface area contributed by atoms with Crippen molar-refractivity contribution in [3.63, 3.8) is 0 Å². The molecule has 168 valence electrons. The van der Waals surface area contributed by atoms with Gasteiger partial charge in [-0.1, -0.05) is 24.8 Å². The summed E-state index contributed by atoms with van der Waals surface area (Å²) in [5.74, 6) is -0.937. The van der Waals surface area contributed by atoms with Crippen LogP contribution < -0.4 is 4.74 Å². The first kappa shape index (κ1) is 23.1. The summed E-state index contributed by atoms with van der Waals surface area (Å²) >= 11 is 0. The highest BCUT2D eigenvalue weighted by Crippen LogP contribution is 2.40. The van der Waals surface area contributed by atoms with Crippen molar-refractivity contribution in [2.45, 2.75) is 12.5 Å². The minimum Gasteiger partial charge on any atom is -0.508 e. The third-order valence-electron chi connectivity index (χ3n) is 5.25. The van der Waals surface area contributed by atoms with Gasteiger partial charge in [0.1, 0.15) is 23.9 Å². The van der Waals surface area contributed by atoms with Gasteiger partial charge in [0, 0.05) is 12.1 Å². The van der Waals surface area contributed by atoms with Crippen molar-refractivity contribution in [3.05, 3.63) is 77.9 Å². The number of benzene rings is 2. The van der Waals surface area contributed by atoms with Crippen LogP contribution in [0.25, 0.3) is 5.76 Å². The first-order chi connectivity index (χ1) is 15.3. The summed E-state index contributed by atoms with van der Waals surface area (Å²) < 4.78 is 5.46. The summed E-state index contributed by atoms with van der Waals surface area (Å²) in [5, 5.41) is 20.7. The van der Waals surface area contributed by atoms with Gasteiger partial charge >= 0.3 is 0 Å². The van der Waals surface area contributed by atoms with E-state index in [4.69, 9.17) is 4.74 Å². The van der Waals surface area contributed by atoms with Gasteiger partial charge in [0.2, 0.25) is 0 Å². The van der Waals surface area contributed by atoms with Crippen molar-refractivity contribution in [2.24, 2.45) is 0 Å². The van der Waals surface area contributed by atoms with E-state index in [1.165, 1.54) is 17.0 Å². The molecule has 1 aliphatic heterocycles. The molecule has 1 heterocycles. The largest absolute Gasteiger partial charge is 0.508 e. The Morgan fingerprint density at radius 3 is 2.38 bits per heavy atom. The van der Waals surface area contributed by atoms with Gasteiger partial charge in [0.05, 0.1) is 11.6 Å². The fraction of sp³-hybridized carbons (Fsp3) is 0.280. The molecule has 0 bridgehead atoms. The molecule has 1 aliphatic rings. The van der Waals surface area contributed by atoms with Crippen LogP contribution in [-0.2, 0) is 9.59 Å². The Labute approximate surface area is 187 Å². The van der Waals surface area contributed by atoms with Gasteiger partial charge in [-0.25, -0.2) is 0 Å². The van der Waals surface area contributed by atoms with Gasteiger partial charge in [-0.15, -0.1) is 0 Å². The molecule has 1 amide bonds. The molecule has 0 aliphatic carbocycles. The number of ketones is 1. The number of aromatic hydroxyl groups is 1. The van der Waals surface area contributed by atoms with Crippen molar-refractivity contribution < 1.29 is 24.5 Å². The molecule has 7 heteroatoms. The maximum Gasteiger partial charge on any atom is 0.295 e. The molecule has 1 saturated heterocycles. The van der Waals surface area contributed by atoms with Crippen molar-refractivity contribution in [1.82, 2.24) is 9.80 Å². The third kappa shape index (κ3) is 5.00. The predicted molar refractivity (Wildman–Crippen MR) is 122 cm³/mol. The maximum absolute atomic E-state index is 13.0. The third-order valence-corrected chi connectivity index (χ3v) is 5.25. The number of ether oxygens (including phenoxy) is 1. The molecule has 7 nitrogen and oxygen atoms in total. The van der Waals surface area contributed by atoms with E-state index >= 15 is 0 Å². The van der Waals surface area contributed by atoms with Gasteiger partial charge in [0.25, 0.3) is 11.7 Å². The lowest BCUT2D eigenvalue weighted by Gasteiger charge is -2.26. The van der Waals surface area contributed by atoms with Gasteiger partial charge in [-0.3, -0.25) is 9.59 Å². The zero-order chi connectivity index (χ0) is 23.3. The first-order valence-corrected chi connectivity index (χ1v) is 10.4. The second-order valence-corrected chi connectivity index (χ2v) is 7.86. The minimum atomic E-state index is -0.741. The second kappa shape index (κ2) is 10.2. The van der Waals surface area contributed by atoms with E-state index in [1.54, 1.807) is 42.5 Å². The zero-order valence-corrected chi connectivity index (χ0v) is 18.3. The number of nitrogens with zero attached hydrogens (tertiary/aromatic N) is 2. The van der Waals surface area contributed by atoms with Crippen LogP contribution in [0.4, 0.5) is 0 Å². The average molecular weight is 437 g/mol. The van der Waals surface area contributed by atoms with E-state index < -0.39 is 17.7 Å². The molecule has 0 aromatic heterocycles. The molecule has 2 N–H and O–H groups in total. The number of Topliss-reactive ketones (excluding diaryl/α,β-unsaturated/α-hetero) is 1. The number of carbonyl (C=O) groups is 2. The lowest BCUT2D eigenvalue weighted by Crippen LogP contribution is -2.32. The van der Waals surface area contributed by atoms with E-state index in [9.17, 15) is 19.8 Å². The summed E-state index contributed by atoms with van der Waals surface area (Å²) in [6.45, 7) is 5.06. The highest BCUT2D eigenvalue weighted by Gasteiger charge is 2.45. The standard InChI is InChI=1S/C25H28N2O5/c1-4-16-32-20-12-8-18(9-13-20)23(29)21-22(17-6-10-19(28)11-7-17)27(25(31)24(21)30)15-5-14-26(2)3/h4,6-13,22,28-29H,1,5,14-16H2,2-3H3/t22-/m0/s1. The fourth-order valence-electron chi connectivity index (χ4n) is 3.69. The summed E-state index contributed by atoms with van der Waals surface area (Å²) in [6.07, 6.45) is 2.30. The van der Waals surface area contributed by atoms with Gasteiger partial charge in [0.15, 0.2) is 0 Å². The molecule has 0 saturated carbocycles. The van der Waals surface area contributed by atoms with E-state index in [1.807, 2.05) is 19.0 Å². The van der Waals surface area contributed by atoms with E-state index in [-0.39, 0.29) is 17.1 Å². The van der Waals surface area contributed by atoms with Crippen LogP contribution in [0.3, 0.4) is 0 Å². The molecule has 0 unspecified atom stereocenters. The van der Waals surface area contributed by atoms with Crippen LogP contribution in [0, 0.1) is 0 Å². The normalized spacial score (nSPS) is 17.7. The SMILES string of the molecule is C=CCOc1ccc(C(O)=C2C(=O)C(=O)N(CCCN(C)C)[C@H]2c2ccc(O)cc2)cc1. The van der Waals surface area contributed by atoms with Crippen molar-refractivity contribution in [2.75, 3.05) is 33.8 Å². The monoisotopic (exact) mass is 436 g/mol. The smallest absolute Gasteiger partial charge is 0.295 e. The van der Waals surface area contributed by atoms with Crippen molar-refractivity contribution in [1.29, 1.82) is 0 Å². The molecule has 2 aromatic rings. The number of aliphatic hydroxyl groups excluding tert-OH is 1. The summed E-state index contributed by atoms with van der Waals surface area (Å²) in [4.78, 5) is 29.4. The molecule has 1 fully saturated rings. The van der Waals surface area contributed by atoms with Crippen LogP contribution in [0.2, 0.25) is 0 Å². The Morgan fingerprint density at radius 2 is 1.78 bits per heavy atom.